The first-order valence-corrected chi connectivity index (χ1v) is 9.06. The van der Waals surface area contributed by atoms with E-state index < -0.39 is 0 Å². The van der Waals surface area contributed by atoms with Crippen molar-refractivity contribution in [2.45, 2.75) is 12.8 Å². The number of carbonyl (C=O) groups excluding carboxylic acids is 1. The van der Waals surface area contributed by atoms with Gasteiger partial charge >= 0.3 is 6.03 Å². The highest BCUT2D eigenvalue weighted by Gasteiger charge is 2.27. The summed E-state index contributed by atoms with van der Waals surface area (Å²) >= 11 is 11.8. The highest BCUT2D eigenvalue weighted by atomic mass is 35.5. The average Bonchev–Trinajstić information content (AvgIpc) is 3.37. The van der Waals surface area contributed by atoms with Crippen molar-refractivity contribution in [2.75, 3.05) is 45.9 Å². The van der Waals surface area contributed by atoms with Crippen molar-refractivity contribution in [3.05, 3.63) is 22.3 Å². The van der Waals surface area contributed by atoms with Gasteiger partial charge in [-0.05, 0) is 24.8 Å². The number of nitrogens with zero attached hydrogens (tertiary/aromatic N) is 3. The highest BCUT2D eigenvalue weighted by Crippen LogP contribution is 2.29. The second-order valence-electron chi connectivity index (χ2n) is 6.25. The summed E-state index contributed by atoms with van der Waals surface area (Å²) in [7, 11) is 0. The van der Waals surface area contributed by atoms with Crippen LogP contribution in [0.3, 0.4) is 0 Å². The van der Waals surface area contributed by atoms with Crippen LogP contribution in [0.1, 0.15) is 12.8 Å². The van der Waals surface area contributed by atoms with E-state index in [1.54, 1.807) is 6.07 Å². The van der Waals surface area contributed by atoms with E-state index >= 15 is 0 Å². The summed E-state index contributed by atoms with van der Waals surface area (Å²) < 4.78 is 5.45. The molecule has 132 valence electrons. The molecule has 0 aromatic carbocycles. The van der Waals surface area contributed by atoms with E-state index in [0.717, 1.165) is 32.1 Å². The first-order valence-electron chi connectivity index (χ1n) is 8.31. The molecule has 2 heterocycles. The van der Waals surface area contributed by atoms with E-state index in [9.17, 15) is 4.79 Å². The Hall–Kier alpha value is -1.24. The van der Waals surface area contributed by atoms with Gasteiger partial charge < -0.3 is 15.0 Å². The Kier molecular flexibility index (Phi) is 6.03. The van der Waals surface area contributed by atoms with Crippen molar-refractivity contribution in [2.24, 2.45) is 5.92 Å². The zero-order valence-corrected chi connectivity index (χ0v) is 15.0. The Morgan fingerprint density at radius 2 is 2.04 bits per heavy atom. The summed E-state index contributed by atoms with van der Waals surface area (Å²) in [5, 5.41) is 3.69. The zero-order valence-electron chi connectivity index (χ0n) is 13.5. The van der Waals surface area contributed by atoms with Gasteiger partial charge in [-0.3, -0.25) is 4.90 Å². The van der Waals surface area contributed by atoms with Crippen LogP contribution in [0.2, 0.25) is 10.0 Å². The fourth-order valence-corrected chi connectivity index (χ4v) is 3.16. The Morgan fingerprint density at radius 1 is 1.29 bits per heavy atom. The first kappa shape index (κ1) is 17.6. The standard InChI is InChI=1S/C16H22Cl2N4O2/c17-13-9-14(18)15(20-10-13)24-8-3-19-16(23)22-6-4-21(5-7-22)11-12-1-2-12/h9-10,12H,1-8,11H2,(H,19,23). The van der Waals surface area contributed by atoms with Gasteiger partial charge in [0.15, 0.2) is 0 Å². The summed E-state index contributed by atoms with van der Waals surface area (Å²) in [5.41, 5.74) is 0. The molecular formula is C16H22Cl2N4O2. The van der Waals surface area contributed by atoms with E-state index in [2.05, 4.69) is 15.2 Å². The number of pyridine rings is 1. The number of hydrogen-bond donors (Lipinski definition) is 1. The number of ether oxygens (including phenoxy) is 1. The molecule has 3 rings (SSSR count). The lowest BCUT2D eigenvalue weighted by atomic mass is 10.3. The molecule has 2 fully saturated rings. The summed E-state index contributed by atoms with van der Waals surface area (Å²) in [4.78, 5) is 20.5. The molecule has 0 spiro atoms. The summed E-state index contributed by atoms with van der Waals surface area (Å²) in [5.74, 6) is 1.22. The number of aromatic nitrogens is 1. The lowest BCUT2D eigenvalue weighted by Crippen LogP contribution is -2.52. The molecule has 1 saturated carbocycles. The van der Waals surface area contributed by atoms with E-state index in [-0.39, 0.29) is 6.03 Å². The molecule has 1 aliphatic heterocycles. The van der Waals surface area contributed by atoms with Gasteiger partial charge in [0.05, 0.1) is 11.6 Å². The van der Waals surface area contributed by atoms with Crippen LogP contribution >= 0.6 is 23.2 Å². The quantitative estimate of drug-likeness (QED) is 0.779. The number of amides is 2. The van der Waals surface area contributed by atoms with Gasteiger partial charge in [0.2, 0.25) is 5.88 Å². The fraction of sp³-hybridized carbons (Fsp3) is 0.625. The Labute approximate surface area is 152 Å². The summed E-state index contributed by atoms with van der Waals surface area (Å²) in [6, 6.07) is 1.53. The van der Waals surface area contributed by atoms with Crippen LogP contribution in [0.5, 0.6) is 5.88 Å². The third-order valence-electron chi connectivity index (χ3n) is 4.26. The summed E-state index contributed by atoms with van der Waals surface area (Å²) in [6.07, 6.45) is 4.21. The van der Waals surface area contributed by atoms with Crippen molar-refractivity contribution < 1.29 is 9.53 Å². The maximum atomic E-state index is 12.1. The molecule has 8 heteroatoms. The predicted octanol–water partition coefficient (Wildman–Crippen LogP) is 2.50. The number of piperazine rings is 1. The number of halogens is 2. The number of urea groups is 1. The second kappa shape index (κ2) is 8.23. The Morgan fingerprint density at radius 3 is 2.71 bits per heavy atom. The van der Waals surface area contributed by atoms with Crippen molar-refractivity contribution in [3.63, 3.8) is 0 Å². The zero-order chi connectivity index (χ0) is 16.9. The molecule has 24 heavy (non-hydrogen) atoms. The van der Waals surface area contributed by atoms with Gasteiger partial charge in [-0.1, -0.05) is 23.2 Å². The maximum Gasteiger partial charge on any atom is 0.317 e. The predicted molar refractivity (Wildman–Crippen MR) is 93.9 cm³/mol. The van der Waals surface area contributed by atoms with Crippen LogP contribution in [0.4, 0.5) is 4.79 Å². The fourth-order valence-electron chi connectivity index (χ4n) is 2.72. The minimum absolute atomic E-state index is 0.0418. The van der Waals surface area contributed by atoms with Gasteiger partial charge in [0.25, 0.3) is 0 Å². The molecular weight excluding hydrogens is 351 g/mol. The van der Waals surface area contributed by atoms with Gasteiger partial charge in [-0.2, -0.15) is 0 Å². The van der Waals surface area contributed by atoms with Crippen LogP contribution in [0.25, 0.3) is 0 Å². The molecule has 1 saturated heterocycles. The van der Waals surface area contributed by atoms with Crippen LogP contribution < -0.4 is 10.1 Å². The van der Waals surface area contributed by atoms with Crippen LogP contribution in [0, 0.1) is 5.92 Å². The van der Waals surface area contributed by atoms with Crippen LogP contribution in [0.15, 0.2) is 12.3 Å². The molecule has 0 radical (unpaired) electrons. The highest BCUT2D eigenvalue weighted by molar-refractivity contribution is 6.35. The van der Waals surface area contributed by atoms with Crippen LogP contribution in [-0.4, -0.2) is 66.7 Å². The second-order valence-corrected chi connectivity index (χ2v) is 7.10. The average molecular weight is 373 g/mol. The minimum atomic E-state index is -0.0418. The lowest BCUT2D eigenvalue weighted by molar-refractivity contribution is 0.135. The van der Waals surface area contributed by atoms with Crippen molar-refractivity contribution in [1.82, 2.24) is 20.1 Å². The normalized spacial score (nSPS) is 18.5. The van der Waals surface area contributed by atoms with Crippen LogP contribution in [-0.2, 0) is 0 Å². The van der Waals surface area contributed by atoms with E-state index in [1.807, 2.05) is 4.90 Å². The van der Waals surface area contributed by atoms with Gasteiger partial charge in [0, 0.05) is 38.9 Å². The number of rotatable bonds is 6. The van der Waals surface area contributed by atoms with Gasteiger partial charge in [-0.25, -0.2) is 9.78 Å². The summed E-state index contributed by atoms with van der Waals surface area (Å²) in [6.45, 7) is 5.39. The van der Waals surface area contributed by atoms with E-state index in [1.165, 1.54) is 25.6 Å². The SMILES string of the molecule is O=C(NCCOc1ncc(Cl)cc1Cl)N1CCN(CC2CC2)CC1. The smallest absolute Gasteiger partial charge is 0.317 e. The van der Waals surface area contributed by atoms with E-state index in [0.29, 0.717) is 29.1 Å². The largest absolute Gasteiger partial charge is 0.475 e. The molecule has 1 aromatic rings. The van der Waals surface area contributed by atoms with Gasteiger partial charge in [0.1, 0.15) is 11.6 Å². The monoisotopic (exact) mass is 372 g/mol. The number of hydrogen-bond acceptors (Lipinski definition) is 4. The van der Waals surface area contributed by atoms with E-state index in [4.69, 9.17) is 27.9 Å². The third-order valence-corrected chi connectivity index (χ3v) is 4.74. The molecule has 2 aliphatic rings. The molecule has 0 atom stereocenters. The topological polar surface area (TPSA) is 57.7 Å². The molecule has 0 unspecified atom stereocenters. The number of nitrogens with one attached hydrogen (secondary N) is 1. The molecule has 1 aliphatic carbocycles. The van der Waals surface area contributed by atoms with Crippen molar-refractivity contribution >= 4 is 29.2 Å². The molecule has 6 nitrogen and oxygen atoms in total. The third kappa shape index (κ3) is 5.13. The minimum Gasteiger partial charge on any atom is -0.475 e. The molecule has 0 bridgehead atoms. The Balaban J connectivity index is 1.32. The molecule has 2 amide bonds. The molecule has 1 aromatic heterocycles. The Bertz CT molecular complexity index is 575. The number of carbonyl (C=O) groups is 1. The van der Waals surface area contributed by atoms with Gasteiger partial charge in [-0.15, -0.1) is 0 Å². The maximum absolute atomic E-state index is 12.1. The lowest BCUT2D eigenvalue weighted by Gasteiger charge is -2.34. The first-order chi connectivity index (χ1) is 11.6. The molecule has 1 N–H and O–H groups in total. The van der Waals surface area contributed by atoms with Crippen molar-refractivity contribution in [1.29, 1.82) is 0 Å². The van der Waals surface area contributed by atoms with Crippen molar-refractivity contribution in [3.8, 4) is 5.88 Å².